The summed E-state index contributed by atoms with van der Waals surface area (Å²) in [4.78, 5) is 0. The van der Waals surface area contributed by atoms with Gasteiger partial charge in [-0.05, 0) is 6.92 Å². The monoisotopic (exact) mass is 165 g/mol. The van der Waals surface area contributed by atoms with E-state index in [1.807, 2.05) is 24.0 Å². The molecule has 1 aromatic rings. The van der Waals surface area contributed by atoms with Crippen molar-refractivity contribution in [3.05, 3.63) is 30.1 Å². The SMILES string of the molecule is C=CCNCc1cnn(C)c1C. The van der Waals surface area contributed by atoms with E-state index in [9.17, 15) is 0 Å². The molecule has 0 aliphatic rings. The van der Waals surface area contributed by atoms with Crippen LogP contribution in [0.25, 0.3) is 0 Å². The molecule has 66 valence electrons. The van der Waals surface area contributed by atoms with Crippen LogP contribution in [-0.2, 0) is 13.6 Å². The number of rotatable bonds is 4. The van der Waals surface area contributed by atoms with Crippen LogP contribution in [0.5, 0.6) is 0 Å². The lowest BCUT2D eigenvalue weighted by molar-refractivity contribution is 0.725. The summed E-state index contributed by atoms with van der Waals surface area (Å²) in [5.41, 5.74) is 2.46. The first-order valence-electron chi connectivity index (χ1n) is 4.04. The van der Waals surface area contributed by atoms with Gasteiger partial charge in [-0.1, -0.05) is 6.08 Å². The standard InChI is InChI=1S/C9H15N3/c1-4-5-10-6-9-7-11-12(3)8(9)2/h4,7,10H,1,5-6H2,2-3H3. The highest BCUT2D eigenvalue weighted by molar-refractivity contribution is 5.15. The van der Waals surface area contributed by atoms with Gasteiger partial charge < -0.3 is 5.32 Å². The molecule has 0 radical (unpaired) electrons. The van der Waals surface area contributed by atoms with E-state index in [4.69, 9.17) is 0 Å². The Morgan fingerprint density at radius 2 is 2.50 bits per heavy atom. The summed E-state index contributed by atoms with van der Waals surface area (Å²) in [5.74, 6) is 0. The topological polar surface area (TPSA) is 29.9 Å². The molecule has 0 atom stereocenters. The van der Waals surface area contributed by atoms with E-state index in [0.717, 1.165) is 13.1 Å². The largest absolute Gasteiger partial charge is 0.309 e. The lowest BCUT2D eigenvalue weighted by Crippen LogP contribution is -2.13. The van der Waals surface area contributed by atoms with Gasteiger partial charge in [0.25, 0.3) is 0 Å². The number of aryl methyl sites for hydroxylation is 1. The second-order valence-electron chi connectivity index (χ2n) is 2.80. The van der Waals surface area contributed by atoms with Gasteiger partial charge in [0, 0.05) is 31.4 Å². The average molecular weight is 165 g/mol. The van der Waals surface area contributed by atoms with Crippen molar-refractivity contribution in [2.45, 2.75) is 13.5 Å². The lowest BCUT2D eigenvalue weighted by atomic mass is 10.2. The van der Waals surface area contributed by atoms with E-state index in [2.05, 4.69) is 23.9 Å². The minimum atomic E-state index is 0.842. The Labute approximate surface area is 73.1 Å². The Balaban J connectivity index is 2.51. The molecule has 1 N–H and O–H groups in total. The van der Waals surface area contributed by atoms with Gasteiger partial charge in [0.15, 0.2) is 0 Å². The molecular weight excluding hydrogens is 150 g/mol. The summed E-state index contributed by atoms with van der Waals surface area (Å²) in [7, 11) is 1.95. The van der Waals surface area contributed by atoms with Gasteiger partial charge in [0.2, 0.25) is 0 Å². The van der Waals surface area contributed by atoms with Crippen LogP contribution in [0.3, 0.4) is 0 Å². The maximum Gasteiger partial charge on any atom is 0.0537 e. The van der Waals surface area contributed by atoms with Crippen LogP contribution in [-0.4, -0.2) is 16.3 Å². The van der Waals surface area contributed by atoms with Gasteiger partial charge in [-0.15, -0.1) is 6.58 Å². The molecule has 0 bridgehead atoms. The first-order chi connectivity index (χ1) is 5.75. The zero-order chi connectivity index (χ0) is 8.97. The Bertz CT molecular complexity index is 263. The van der Waals surface area contributed by atoms with Crippen LogP contribution in [0.2, 0.25) is 0 Å². The molecule has 1 rings (SSSR count). The fraction of sp³-hybridized carbons (Fsp3) is 0.444. The second-order valence-corrected chi connectivity index (χ2v) is 2.80. The molecular formula is C9H15N3. The van der Waals surface area contributed by atoms with Crippen molar-refractivity contribution >= 4 is 0 Å². The fourth-order valence-corrected chi connectivity index (χ4v) is 1.03. The lowest BCUT2D eigenvalue weighted by Gasteiger charge is -2.00. The molecule has 1 heterocycles. The number of hydrogen-bond acceptors (Lipinski definition) is 2. The summed E-state index contributed by atoms with van der Waals surface area (Å²) < 4.78 is 1.88. The Hall–Kier alpha value is -1.09. The molecule has 0 aliphatic heterocycles. The van der Waals surface area contributed by atoms with E-state index in [0.29, 0.717) is 0 Å². The van der Waals surface area contributed by atoms with Gasteiger partial charge in [-0.25, -0.2) is 0 Å². The summed E-state index contributed by atoms with van der Waals surface area (Å²) in [6.45, 7) is 7.41. The van der Waals surface area contributed by atoms with Gasteiger partial charge in [0.1, 0.15) is 0 Å². The highest BCUT2D eigenvalue weighted by Crippen LogP contribution is 2.03. The summed E-state index contributed by atoms with van der Waals surface area (Å²) in [6.07, 6.45) is 3.75. The second kappa shape index (κ2) is 4.07. The molecule has 3 nitrogen and oxygen atoms in total. The molecule has 0 fully saturated rings. The highest BCUT2D eigenvalue weighted by Gasteiger charge is 2.00. The molecule has 1 aromatic heterocycles. The molecule has 0 unspecified atom stereocenters. The van der Waals surface area contributed by atoms with E-state index in [-0.39, 0.29) is 0 Å². The van der Waals surface area contributed by atoms with Gasteiger partial charge >= 0.3 is 0 Å². The molecule has 0 aromatic carbocycles. The number of nitrogens with one attached hydrogen (secondary N) is 1. The molecule has 0 saturated carbocycles. The first-order valence-corrected chi connectivity index (χ1v) is 4.04. The third kappa shape index (κ3) is 1.95. The third-order valence-electron chi connectivity index (χ3n) is 1.94. The first kappa shape index (κ1) is 9.00. The van der Waals surface area contributed by atoms with Crippen LogP contribution in [0.15, 0.2) is 18.9 Å². The molecule has 12 heavy (non-hydrogen) atoms. The Morgan fingerprint density at radius 1 is 1.75 bits per heavy atom. The minimum Gasteiger partial charge on any atom is -0.309 e. The van der Waals surface area contributed by atoms with E-state index >= 15 is 0 Å². The average Bonchev–Trinajstić information content (AvgIpc) is 2.36. The molecule has 0 saturated heterocycles. The van der Waals surface area contributed by atoms with E-state index in [1.54, 1.807) is 0 Å². The molecule has 0 aliphatic carbocycles. The van der Waals surface area contributed by atoms with Crippen LogP contribution < -0.4 is 5.32 Å². The predicted octanol–water partition coefficient (Wildman–Crippen LogP) is 1.00. The van der Waals surface area contributed by atoms with Crippen molar-refractivity contribution in [2.24, 2.45) is 7.05 Å². The maximum atomic E-state index is 4.15. The fourth-order valence-electron chi connectivity index (χ4n) is 1.03. The van der Waals surface area contributed by atoms with Gasteiger partial charge in [0.05, 0.1) is 6.20 Å². The van der Waals surface area contributed by atoms with E-state index < -0.39 is 0 Å². The summed E-state index contributed by atoms with van der Waals surface area (Å²) in [5, 5.41) is 7.38. The summed E-state index contributed by atoms with van der Waals surface area (Å²) >= 11 is 0. The van der Waals surface area contributed by atoms with Crippen LogP contribution >= 0.6 is 0 Å². The Kier molecular flexibility index (Phi) is 3.05. The predicted molar refractivity (Wildman–Crippen MR) is 49.8 cm³/mol. The molecule has 0 amide bonds. The highest BCUT2D eigenvalue weighted by atomic mass is 15.3. The van der Waals surface area contributed by atoms with Gasteiger partial charge in [-0.3, -0.25) is 4.68 Å². The quantitative estimate of drug-likeness (QED) is 0.533. The number of hydrogen-bond donors (Lipinski definition) is 1. The number of nitrogens with zero attached hydrogens (tertiary/aromatic N) is 2. The molecule has 3 heteroatoms. The van der Waals surface area contributed by atoms with Gasteiger partial charge in [-0.2, -0.15) is 5.10 Å². The van der Waals surface area contributed by atoms with Crippen molar-refractivity contribution < 1.29 is 0 Å². The third-order valence-corrected chi connectivity index (χ3v) is 1.94. The van der Waals surface area contributed by atoms with Crippen molar-refractivity contribution in [3.63, 3.8) is 0 Å². The van der Waals surface area contributed by atoms with Crippen LogP contribution in [0.4, 0.5) is 0 Å². The van der Waals surface area contributed by atoms with Crippen LogP contribution in [0.1, 0.15) is 11.3 Å². The smallest absolute Gasteiger partial charge is 0.0537 e. The molecule has 0 spiro atoms. The van der Waals surface area contributed by atoms with Crippen molar-refractivity contribution in [1.82, 2.24) is 15.1 Å². The zero-order valence-electron chi connectivity index (χ0n) is 7.67. The van der Waals surface area contributed by atoms with Crippen molar-refractivity contribution in [1.29, 1.82) is 0 Å². The number of aromatic nitrogens is 2. The Morgan fingerprint density at radius 3 is 3.00 bits per heavy atom. The maximum absolute atomic E-state index is 4.15. The van der Waals surface area contributed by atoms with Crippen molar-refractivity contribution in [3.8, 4) is 0 Å². The van der Waals surface area contributed by atoms with Crippen LogP contribution in [0, 0.1) is 6.92 Å². The summed E-state index contributed by atoms with van der Waals surface area (Å²) in [6, 6.07) is 0. The van der Waals surface area contributed by atoms with E-state index in [1.165, 1.54) is 11.3 Å². The minimum absolute atomic E-state index is 0.842. The van der Waals surface area contributed by atoms with Crippen molar-refractivity contribution in [2.75, 3.05) is 6.54 Å². The zero-order valence-corrected chi connectivity index (χ0v) is 7.67. The normalized spacial score (nSPS) is 10.2.